The van der Waals surface area contributed by atoms with Gasteiger partial charge in [-0.2, -0.15) is 0 Å². The van der Waals surface area contributed by atoms with E-state index in [2.05, 4.69) is 202 Å². The molecule has 0 amide bonds. The molecule has 0 saturated carbocycles. The van der Waals surface area contributed by atoms with Crippen LogP contribution in [-0.4, -0.2) is 13.7 Å². The first-order valence-electron chi connectivity index (χ1n) is 17.5. The van der Waals surface area contributed by atoms with Crippen LogP contribution in [0.1, 0.15) is 0 Å². The van der Waals surface area contributed by atoms with Gasteiger partial charge in [-0.15, -0.1) is 0 Å². The second kappa shape index (κ2) is 10.8. The Kier molecular flexibility index (Phi) is 5.96. The van der Waals surface area contributed by atoms with E-state index >= 15 is 0 Å². The number of hydrogen-bond acceptors (Lipinski definition) is 0. The van der Waals surface area contributed by atoms with Crippen molar-refractivity contribution in [3.63, 3.8) is 0 Å². The second-order valence-electron chi connectivity index (χ2n) is 13.4. The lowest BCUT2D eigenvalue weighted by Gasteiger charge is -2.16. The Balaban J connectivity index is 1.25. The largest absolute Gasteiger partial charge is 0.309 e. The number of rotatable bonds is 4. The molecule has 3 heteroatoms. The summed E-state index contributed by atoms with van der Waals surface area (Å²) < 4.78 is 7.36. The number of benzene rings is 8. The third-order valence-electron chi connectivity index (χ3n) is 10.6. The highest BCUT2D eigenvalue weighted by Crippen LogP contribution is 2.41. The molecular formula is C48H31N3. The Morgan fingerprint density at radius 1 is 0.255 bits per heavy atom. The first-order valence-corrected chi connectivity index (χ1v) is 17.5. The fourth-order valence-electron chi connectivity index (χ4n) is 8.46. The molecule has 3 nitrogen and oxygen atoms in total. The Labute approximate surface area is 294 Å². The number of hydrogen-bond donors (Lipinski definition) is 0. The average Bonchev–Trinajstić information content (AvgIpc) is 3.84. The smallest absolute Gasteiger partial charge is 0.0782 e. The Morgan fingerprint density at radius 2 is 0.725 bits per heavy atom. The summed E-state index contributed by atoms with van der Waals surface area (Å²) in [6.07, 6.45) is 0. The minimum Gasteiger partial charge on any atom is -0.309 e. The van der Waals surface area contributed by atoms with E-state index in [1.165, 1.54) is 76.5 Å². The van der Waals surface area contributed by atoms with Crippen LogP contribution in [0.4, 0.5) is 0 Å². The minimum absolute atomic E-state index is 1.14. The zero-order valence-corrected chi connectivity index (χ0v) is 27.7. The van der Waals surface area contributed by atoms with Crippen molar-refractivity contribution in [1.82, 2.24) is 13.7 Å². The number of nitrogens with zero attached hydrogens (tertiary/aromatic N) is 3. The molecule has 8 aromatic carbocycles. The van der Waals surface area contributed by atoms with Gasteiger partial charge in [0.1, 0.15) is 0 Å². The molecule has 3 aromatic heterocycles. The molecule has 3 heterocycles. The van der Waals surface area contributed by atoms with Gasteiger partial charge in [-0.05, 0) is 65.7 Å². The van der Waals surface area contributed by atoms with E-state index in [-0.39, 0.29) is 0 Å². The molecule has 11 aromatic rings. The maximum atomic E-state index is 2.49. The molecule has 0 saturated heterocycles. The maximum Gasteiger partial charge on any atom is 0.0782 e. The molecule has 0 N–H and O–H groups in total. The van der Waals surface area contributed by atoms with E-state index in [0.29, 0.717) is 0 Å². The third kappa shape index (κ3) is 4.06. The first kappa shape index (κ1) is 28.0. The quantitative estimate of drug-likeness (QED) is 0.180. The van der Waals surface area contributed by atoms with Gasteiger partial charge in [0.2, 0.25) is 0 Å². The van der Waals surface area contributed by atoms with Crippen molar-refractivity contribution in [3.8, 4) is 28.2 Å². The van der Waals surface area contributed by atoms with Crippen molar-refractivity contribution in [2.24, 2.45) is 0 Å². The molecule has 0 fully saturated rings. The van der Waals surface area contributed by atoms with E-state index in [1.54, 1.807) is 0 Å². The summed E-state index contributed by atoms with van der Waals surface area (Å²) in [5.74, 6) is 0. The van der Waals surface area contributed by atoms with Gasteiger partial charge in [0, 0.05) is 43.7 Å². The Hall–Kier alpha value is -6.84. The van der Waals surface area contributed by atoms with Crippen molar-refractivity contribution >= 4 is 65.4 Å². The molecular weight excluding hydrogens is 619 g/mol. The van der Waals surface area contributed by atoms with Crippen LogP contribution in [0.25, 0.3) is 93.6 Å². The summed E-state index contributed by atoms with van der Waals surface area (Å²) in [6, 6.07) is 68.5. The van der Waals surface area contributed by atoms with E-state index in [0.717, 1.165) is 17.1 Å². The predicted octanol–water partition coefficient (Wildman–Crippen LogP) is 12.6. The van der Waals surface area contributed by atoms with Gasteiger partial charge in [-0.3, -0.25) is 0 Å². The summed E-state index contributed by atoms with van der Waals surface area (Å²) in [5.41, 5.74) is 13.0. The first-order chi connectivity index (χ1) is 25.3. The van der Waals surface area contributed by atoms with Crippen molar-refractivity contribution in [1.29, 1.82) is 0 Å². The second-order valence-corrected chi connectivity index (χ2v) is 13.4. The Bertz CT molecular complexity index is 3080. The molecule has 11 rings (SSSR count). The molecule has 0 aliphatic heterocycles. The van der Waals surface area contributed by atoms with Gasteiger partial charge in [0.15, 0.2) is 0 Å². The summed E-state index contributed by atoms with van der Waals surface area (Å²) in [4.78, 5) is 0. The minimum atomic E-state index is 1.14. The lowest BCUT2D eigenvalue weighted by molar-refractivity contribution is 1.12. The number of aromatic nitrogens is 3. The predicted molar refractivity (Wildman–Crippen MR) is 215 cm³/mol. The van der Waals surface area contributed by atoms with Gasteiger partial charge in [-0.25, -0.2) is 0 Å². The monoisotopic (exact) mass is 649 g/mol. The number of para-hydroxylation sites is 5. The molecule has 0 unspecified atom stereocenters. The van der Waals surface area contributed by atoms with Crippen LogP contribution in [0.5, 0.6) is 0 Å². The van der Waals surface area contributed by atoms with E-state index in [4.69, 9.17) is 0 Å². The van der Waals surface area contributed by atoms with E-state index in [9.17, 15) is 0 Å². The third-order valence-corrected chi connectivity index (χ3v) is 10.6. The zero-order chi connectivity index (χ0) is 33.5. The molecule has 0 aliphatic rings. The normalized spacial score (nSPS) is 11.9. The van der Waals surface area contributed by atoms with Gasteiger partial charge in [0.25, 0.3) is 0 Å². The van der Waals surface area contributed by atoms with Crippen LogP contribution >= 0.6 is 0 Å². The van der Waals surface area contributed by atoms with Crippen LogP contribution < -0.4 is 0 Å². The topological polar surface area (TPSA) is 14.8 Å². The van der Waals surface area contributed by atoms with Crippen LogP contribution in [0.2, 0.25) is 0 Å². The van der Waals surface area contributed by atoms with E-state index < -0.39 is 0 Å². The summed E-state index contributed by atoms with van der Waals surface area (Å²) in [6.45, 7) is 0. The van der Waals surface area contributed by atoms with Crippen molar-refractivity contribution in [2.45, 2.75) is 0 Å². The van der Waals surface area contributed by atoms with E-state index in [1.807, 2.05) is 0 Å². The summed E-state index contributed by atoms with van der Waals surface area (Å²) >= 11 is 0. The molecule has 238 valence electrons. The van der Waals surface area contributed by atoms with Crippen molar-refractivity contribution in [2.75, 3.05) is 0 Å². The van der Waals surface area contributed by atoms with Gasteiger partial charge < -0.3 is 13.7 Å². The van der Waals surface area contributed by atoms with Crippen molar-refractivity contribution < 1.29 is 0 Å². The highest BCUT2D eigenvalue weighted by atomic mass is 15.1. The fraction of sp³-hybridized carbons (Fsp3) is 0. The van der Waals surface area contributed by atoms with Gasteiger partial charge in [-0.1, -0.05) is 133 Å². The van der Waals surface area contributed by atoms with Crippen molar-refractivity contribution in [3.05, 3.63) is 188 Å². The standard InChI is InChI=1S/C48H31N3/c1-2-14-32(15-3-1)33-16-12-17-34(30-33)50-44-25-10-7-21-39(44)41-22-13-27-46(48(41)50)51-45-26-11-6-20-38(45)40-29-28-35(31-47(40)51)49-42-23-8-4-18-36(42)37-19-5-9-24-43(37)49/h1-31H. The van der Waals surface area contributed by atoms with Gasteiger partial charge in [0.05, 0.1) is 38.8 Å². The molecule has 51 heavy (non-hydrogen) atoms. The SMILES string of the molecule is c1ccc(-c2cccc(-n3c4ccccc4c4cccc(-n5c6ccccc6c6ccc(-n7c8ccccc8c8ccccc87)cc65)c43)c2)cc1. The lowest BCUT2D eigenvalue weighted by atomic mass is 10.1. The Morgan fingerprint density at radius 3 is 1.39 bits per heavy atom. The molecule has 0 atom stereocenters. The molecule has 0 bridgehead atoms. The average molecular weight is 650 g/mol. The van der Waals surface area contributed by atoms with Crippen LogP contribution in [0, 0.1) is 0 Å². The lowest BCUT2D eigenvalue weighted by Crippen LogP contribution is -2.01. The summed E-state index contributed by atoms with van der Waals surface area (Å²) in [7, 11) is 0. The van der Waals surface area contributed by atoms with Gasteiger partial charge >= 0.3 is 0 Å². The number of fused-ring (bicyclic) bond motifs is 9. The molecule has 0 radical (unpaired) electrons. The summed E-state index contributed by atoms with van der Waals surface area (Å²) in [5, 5.41) is 7.48. The fourth-order valence-corrected chi connectivity index (χ4v) is 8.46. The maximum absolute atomic E-state index is 2.49. The highest BCUT2D eigenvalue weighted by molar-refractivity contribution is 6.16. The van der Waals surface area contributed by atoms with Crippen LogP contribution in [0.15, 0.2) is 188 Å². The molecule has 0 spiro atoms. The van der Waals surface area contributed by atoms with Crippen LogP contribution in [0.3, 0.4) is 0 Å². The highest BCUT2D eigenvalue weighted by Gasteiger charge is 2.21. The molecule has 0 aliphatic carbocycles. The van der Waals surface area contributed by atoms with Crippen LogP contribution in [-0.2, 0) is 0 Å². The zero-order valence-electron chi connectivity index (χ0n) is 27.7.